The third-order valence-corrected chi connectivity index (χ3v) is 2.79. The van der Waals surface area contributed by atoms with Gasteiger partial charge in [-0.2, -0.15) is 0 Å². The van der Waals surface area contributed by atoms with Crippen LogP contribution in [0, 0.1) is 5.41 Å². The van der Waals surface area contributed by atoms with Crippen molar-refractivity contribution in [1.82, 2.24) is 0 Å². The predicted octanol–water partition coefficient (Wildman–Crippen LogP) is 0.561. The summed E-state index contributed by atoms with van der Waals surface area (Å²) >= 11 is 0. The molecule has 0 N–H and O–H groups in total. The summed E-state index contributed by atoms with van der Waals surface area (Å²) in [4.78, 5) is 0. The monoisotopic (exact) mass is 160 g/mol. The molecule has 0 bridgehead atoms. The first kappa shape index (κ1) is 8.24. The molecule has 2 nitrogen and oxygen atoms in total. The van der Waals surface area contributed by atoms with Crippen LogP contribution in [0.4, 0.5) is 0 Å². The van der Waals surface area contributed by atoms with Gasteiger partial charge in [-0.25, -0.2) is 0 Å². The summed E-state index contributed by atoms with van der Waals surface area (Å²) in [5, 5.41) is 0. The van der Waals surface area contributed by atoms with Crippen LogP contribution in [0.5, 0.6) is 0 Å². The average molecular weight is 160 g/mol. The van der Waals surface area contributed by atoms with Crippen molar-refractivity contribution in [2.24, 2.45) is 5.41 Å². The predicted molar refractivity (Wildman–Crippen MR) is 43.9 cm³/mol. The minimum Gasteiger partial charge on any atom is -0.424 e. The van der Waals surface area contributed by atoms with E-state index in [1.807, 2.05) is 0 Å². The lowest BCUT2D eigenvalue weighted by molar-refractivity contribution is -0.133. The molecule has 0 aromatic rings. The van der Waals surface area contributed by atoms with Gasteiger partial charge in [-0.05, 0) is 6.42 Å². The number of hydrogen-bond acceptors (Lipinski definition) is 2. The van der Waals surface area contributed by atoms with Crippen molar-refractivity contribution in [2.45, 2.75) is 19.9 Å². The zero-order chi connectivity index (χ0) is 7.45. The van der Waals surface area contributed by atoms with E-state index in [1.54, 1.807) is 0 Å². The van der Waals surface area contributed by atoms with E-state index >= 15 is 0 Å². The molecular weight excluding hydrogens is 144 g/mol. The zero-order valence-electron chi connectivity index (χ0n) is 6.85. The summed E-state index contributed by atoms with van der Waals surface area (Å²) in [6.07, 6.45) is 1.20. The quantitative estimate of drug-likeness (QED) is 0.560. The Labute approximate surface area is 64.8 Å². The van der Waals surface area contributed by atoms with Gasteiger partial charge in [0.25, 0.3) is 0 Å². The molecule has 1 saturated heterocycles. The molecule has 0 amide bonds. The lowest BCUT2D eigenvalue weighted by Gasteiger charge is -2.40. The van der Waals surface area contributed by atoms with Crippen LogP contribution in [0.15, 0.2) is 0 Å². The average Bonchev–Trinajstić information content (AvgIpc) is 1.87. The maximum absolute atomic E-state index is 5.49. The van der Waals surface area contributed by atoms with Gasteiger partial charge in [-0.1, -0.05) is 13.5 Å². The van der Waals surface area contributed by atoms with Crippen LogP contribution in [-0.2, 0) is 9.16 Å². The van der Waals surface area contributed by atoms with Crippen molar-refractivity contribution in [3.63, 3.8) is 0 Å². The van der Waals surface area contributed by atoms with Gasteiger partial charge < -0.3 is 9.16 Å². The fraction of sp³-hybridized carbons (Fsp3) is 1.00. The molecule has 0 spiro atoms. The van der Waals surface area contributed by atoms with E-state index in [4.69, 9.17) is 9.16 Å². The van der Waals surface area contributed by atoms with Crippen LogP contribution >= 0.6 is 0 Å². The first-order valence-corrected chi connectivity index (χ1v) is 5.97. The van der Waals surface area contributed by atoms with Gasteiger partial charge in [0.05, 0.1) is 13.2 Å². The molecule has 1 rings (SSSR count). The molecule has 3 heteroatoms. The Balaban J connectivity index is 2.20. The molecule has 1 heterocycles. The number of rotatable bonds is 4. The van der Waals surface area contributed by atoms with E-state index in [0.29, 0.717) is 5.41 Å². The summed E-state index contributed by atoms with van der Waals surface area (Å²) in [6.45, 7) is 7.15. The SMILES string of the molecule is CCC1(CO[SiH2]C)COC1. The first-order valence-electron chi connectivity index (χ1n) is 3.98. The van der Waals surface area contributed by atoms with E-state index in [0.717, 1.165) is 19.8 Å². The fourth-order valence-corrected chi connectivity index (χ4v) is 1.74. The van der Waals surface area contributed by atoms with Gasteiger partial charge in [-0.3, -0.25) is 0 Å². The highest BCUT2D eigenvalue weighted by atomic mass is 28.2. The van der Waals surface area contributed by atoms with Crippen LogP contribution in [0.1, 0.15) is 13.3 Å². The molecule has 10 heavy (non-hydrogen) atoms. The van der Waals surface area contributed by atoms with Gasteiger partial charge >= 0.3 is 0 Å². The van der Waals surface area contributed by atoms with Crippen LogP contribution in [0.3, 0.4) is 0 Å². The van der Waals surface area contributed by atoms with Gasteiger partial charge in [0.15, 0.2) is 9.76 Å². The van der Waals surface area contributed by atoms with Crippen molar-refractivity contribution in [3.8, 4) is 0 Å². The Morgan fingerprint density at radius 1 is 1.60 bits per heavy atom. The summed E-state index contributed by atoms with van der Waals surface area (Å²) in [5.41, 5.74) is 0.406. The van der Waals surface area contributed by atoms with Crippen LogP contribution in [-0.4, -0.2) is 29.6 Å². The zero-order valence-corrected chi connectivity index (χ0v) is 8.27. The maximum atomic E-state index is 5.49. The Morgan fingerprint density at radius 2 is 2.30 bits per heavy atom. The highest BCUT2D eigenvalue weighted by Gasteiger charge is 2.36. The van der Waals surface area contributed by atoms with E-state index in [9.17, 15) is 0 Å². The maximum Gasteiger partial charge on any atom is 0.158 e. The largest absolute Gasteiger partial charge is 0.424 e. The molecule has 0 unspecified atom stereocenters. The Bertz CT molecular complexity index is 96.3. The van der Waals surface area contributed by atoms with Crippen molar-refractivity contribution in [3.05, 3.63) is 0 Å². The van der Waals surface area contributed by atoms with Crippen molar-refractivity contribution in [2.75, 3.05) is 19.8 Å². The van der Waals surface area contributed by atoms with Gasteiger partial charge in [0.1, 0.15) is 0 Å². The molecule has 1 aliphatic rings. The summed E-state index contributed by atoms with van der Waals surface area (Å²) in [7, 11) is -0.206. The van der Waals surface area contributed by atoms with Crippen molar-refractivity contribution >= 4 is 9.76 Å². The molecule has 0 aliphatic carbocycles. The third kappa shape index (κ3) is 1.59. The Kier molecular flexibility index (Phi) is 2.89. The molecule has 60 valence electrons. The van der Waals surface area contributed by atoms with Crippen LogP contribution in [0.2, 0.25) is 6.55 Å². The van der Waals surface area contributed by atoms with Gasteiger partial charge in [-0.15, -0.1) is 0 Å². The van der Waals surface area contributed by atoms with E-state index in [2.05, 4.69) is 13.5 Å². The van der Waals surface area contributed by atoms with Crippen LogP contribution < -0.4 is 0 Å². The smallest absolute Gasteiger partial charge is 0.158 e. The third-order valence-electron chi connectivity index (χ3n) is 2.18. The molecule has 0 aromatic heterocycles. The minimum absolute atomic E-state index is 0.206. The topological polar surface area (TPSA) is 18.5 Å². The lowest BCUT2D eigenvalue weighted by atomic mass is 9.84. The number of ether oxygens (including phenoxy) is 1. The Morgan fingerprint density at radius 3 is 2.60 bits per heavy atom. The van der Waals surface area contributed by atoms with Gasteiger partial charge in [0.2, 0.25) is 0 Å². The minimum atomic E-state index is -0.206. The molecular formula is C7H16O2Si. The van der Waals surface area contributed by atoms with Crippen LogP contribution in [0.25, 0.3) is 0 Å². The fourth-order valence-electron chi connectivity index (χ4n) is 1.10. The van der Waals surface area contributed by atoms with Crippen molar-refractivity contribution < 1.29 is 9.16 Å². The second kappa shape index (κ2) is 3.51. The standard InChI is InChI=1S/C7H16O2Si/c1-3-7(4-8-5-7)6-9-10-2/h3-6,10H2,1-2H3. The van der Waals surface area contributed by atoms with Gasteiger partial charge in [0, 0.05) is 12.0 Å². The first-order chi connectivity index (χ1) is 4.83. The molecule has 1 fully saturated rings. The summed E-state index contributed by atoms with van der Waals surface area (Å²) < 4.78 is 10.7. The highest BCUT2D eigenvalue weighted by molar-refractivity contribution is 6.24. The summed E-state index contributed by atoms with van der Waals surface area (Å²) in [5.74, 6) is 0. The second-order valence-corrected chi connectivity index (χ2v) is 3.97. The molecule has 0 aromatic carbocycles. The Hall–Kier alpha value is 0.137. The second-order valence-electron chi connectivity index (χ2n) is 2.98. The van der Waals surface area contributed by atoms with E-state index in [-0.39, 0.29) is 9.76 Å². The normalized spacial score (nSPS) is 23.4. The van der Waals surface area contributed by atoms with E-state index in [1.165, 1.54) is 6.42 Å². The molecule has 0 radical (unpaired) electrons. The highest BCUT2D eigenvalue weighted by Crippen LogP contribution is 2.30. The van der Waals surface area contributed by atoms with Crippen molar-refractivity contribution in [1.29, 1.82) is 0 Å². The molecule has 0 atom stereocenters. The van der Waals surface area contributed by atoms with E-state index < -0.39 is 0 Å². The number of hydrogen-bond donors (Lipinski definition) is 0. The summed E-state index contributed by atoms with van der Waals surface area (Å²) in [6, 6.07) is 0. The molecule has 1 aliphatic heterocycles. The lowest BCUT2D eigenvalue weighted by Crippen LogP contribution is -2.45. The molecule has 0 saturated carbocycles.